The number of aryl methyl sites for hydroxylation is 1. The first-order valence-corrected chi connectivity index (χ1v) is 6.61. The van der Waals surface area contributed by atoms with Gasteiger partial charge in [-0.3, -0.25) is 0 Å². The van der Waals surface area contributed by atoms with Crippen LogP contribution in [0.3, 0.4) is 0 Å². The minimum Gasteiger partial charge on any atom is -0.496 e. The molecule has 0 saturated heterocycles. The van der Waals surface area contributed by atoms with Crippen molar-refractivity contribution in [1.29, 1.82) is 0 Å². The molecule has 0 unspecified atom stereocenters. The number of anilines is 1. The van der Waals surface area contributed by atoms with Crippen LogP contribution in [0.15, 0.2) is 24.4 Å². The molecular formula is C16H21N3O. The van der Waals surface area contributed by atoms with Crippen LogP contribution in [0.4, 0.5) is 5.82 Å². The second kappa shape index (κ2) is 5.12. The van der Waals surface area contributed by atoms with E-state index in [-0.39, 0.29) is 5.41 Å². The van der Waals surface area contributed by atoms with E-state index in [1.54, 1.807) is 19.4 Å². The fourth-order valence-corrected chi connectivity index (χ4v) is 2.18. The number of ether oxygens (including phenoxy) is 1. The van der Waals surface area contributed by atoms with Crippen molar-refractivity contribution in [3.63, 3.8) is 0 Å². The van der Waals surface area contributed by atoms with Gasteiger partial charge in [-0.25, -0.2) is 9.97 Å². The van der Waals surface area contributed by atoms with Crippen molar-refractivity contribution >= 4 is 5.82 Å². The van der Waals surface area contributed by atoms with Gasteiger partial charge in [0, 0.05) is 17.3 Å². The number of rotatable bonds is 2. The molecule has 0 aliphatic carbocycles. The number of hydrogen-bond donors (Lipinski definition) is 1. The fraction of sp³-hybridized carbons (Fsp3) is 0.375. The molecule has 2 aromatic rings. The van der Waals surface area contributed by atoms with Crippen LogP contribution in [0.5, 0.6) is 5.75 Å². The van der Waals surface area contributed by atoms with Crippen molar-refractivity contribution in [2.24, 2.45) is 0 Å². The van der Waals surface area contributed by atoms with E-state index in [1.807, 2.05) is 13.0 Å². The molecular weight excluding hydrogens is 250 g/mol. The van der Waals surface area contributed by atoms with Gasteiger partial charge in [-0.1, -0.05) is 20.8 Å². The largest absolute Gasteiger partial charge is 0.496 e. The summed E-state index contributed by atoms with van der Waals surface area (Å²) >= 11 is 0. The van der Waals surface area contributed by atoms with Crippen molar-refractivity contribution in [2.75, 3.05) is 12.8 Å². The van der Waals surface area contributed by atoms with Crippen LogP contribution >= 0.6 is 0 Å². The Labute approximate surface area is 120 Å². The molecule has 0 aliphatic heterocycles. The van der Waals surface area contributed by atoms with Gasteiger partial charge in [0.2, 0.25) is 0 Å². The maximum atomic E-state index is 5.75. The molecule has 0 radical (unpaired) electrons. The van der Waals surface area contributed by atoms with Gasteiger partial charge in [-0.2, -0.15) is 0 Å². The van der Waals surface area contributed by atoms with Crippen molar-refractivity contribution in [3.8, 4) is 17.1 Å². The molecule has 1 aromatic carbocycles. The third kappa shape index (κ3) is 2.74. The van der Waals surface area contributed by atoms with Crippen molar-refractivity contribution in [2.45, 2.75) is 33.1 Å². The van der Waals surface area contributed by atoms with E-state index < -0.39 is 0 Å². The zero-order valence-electron chi connectivity index (χ0n) is 12.7. The molecule has 0 fully saturated rings. The smallest absolute Gasteiger partial charge is 0.161 e. The summed E-state index contributed by atoms with van der Waals surface area (Å²) in [4.78, 5) is 8.63. The molecule has 0 aliphatic rings. The first kappa shape index (κ1) is 14.3. The zero-order valence-corrected chi connectivity index (χ0v) is 12.7. The molecule has 106 valence electrons. The maximum absolute atomic E-state index is 5.75. The van der Waals surface area contributed by atoms with Gasteiger partial charge in [-0.15, -0.1) is 0 Å². The average molecular weight is 271 g/mol. The molecule has 1 heterocycles. The predicted octanol–water partition coefficient (Wildman–Crippen LogP) is 3.34. The summed E-state index contributed by atoms with van der Waals surface area (Å²) in [6.45, 7) is 8.50. The highest BCUT2D eigenvalue weighted by Gasteiger charge is 2.21. The molecule has 20 heavy (non-hydrogen) atoms. The van der Waals surface area contributed by atoms with E-state index in [2.05, 4.69) is 36.8 Å². The lowest BCUT2D eigenvalue weighted by molar-refractivity contribution is 0.397. The number of nitrogens with zero attached hydrogens (tertiary/aromatic N) is 2. The number of nitrogen functional groups attached to an aromatic ring is 1. The normalized spacial score (nSPS) is 11.4. The molecule has 0 spiro atoms. The maximum Gasteiger partial charge on any atom is 0.161 e. The molecule has 0 amide bonds. The Hall–Kier alpha value is -2.10. The first-order valence-electron chi connectivity index (χ1n) is 6.61. The summed E-state index contributed by atoms with van der Waals surface area (Å²) in [6, 6.07) is 5.82. The summed E-state index contributed by atoms with van der Waals surface area (Å²) in [5.41, 5.74) is 8.92. The van der Waals surface area contributed by atoms with Crippen molar-refractivity contribution < 1.29 is 4.74 Å². The fourth-order valence-electron chi connectivity index (χ4n) is 2.18. The van der Waals surface area contributed by atoms with Crippen LogP contribution < -0.4 is 10.5 Å². The molecule has 0 atom stereocenters. The van der Waals surface area contributed by atoms with Gasteiger partial charge in [-0.05, 0) is 36.1 Å². The quantitative estimate of drug-likeness (QED) is 0.910. The Kier molecular flexibility index (Phi) is 3.66. The predicted molar refractivity (Wildman–Crippen MR) is 81.9 cm³/mol. The van der Waals surface area contributed by atoms with Crippen LogP contribution in [0.1, 0.15) is 31.9 Å². The van der Waals surface area contributed by atoms with E-state index in [4.69, 9.17) is 10.5 Å². The Morgan fingerprint density at radius 1 is 1.20 bits per heavy atom. The van der Waals surface area contributed by atoms with Crippen LogP contribution in [0, 0.1) is 6.92 Å². The second-order valence-corrected chi connectivity index (χ2v) is 5.92. The Morgan fingerprint density at radius 3 is 2.45 bits per heavy atom. The summed E-state index contributed by atoms with van der Waals surface area (Å²) in [5.74, 6) is 2.01. The van der Waals surface area contributed by atoms with Gasteiger partial charge < -0.3 is 10.5 Å². The lowest BCUT2D eigenvalue weighted by Gasteiger charge is -2.23. The van der Waals surface area contributed by atoms with E-state index in [1.165, 1.54) is 0 Å². The molecule has 2 N–H and O–H groups in total. The zero-order chi connectivity index (χ0) is 14.9. The average Bonchev–Trinajstić information content (AvgIpc) is 2.36. The third-order valence-corrected chi connectivity index (χ3v) is 3.27. The van der Waals surface area contributed by atoms with E-state index in [0.29, 0.717) is 11.6 Å². The van der Waals surface area contributed by atoms with Crippen LogP contribution in [0.25, 0.3) is 11.4 Å². The summed E-state index contributed by atoms with van der Waals surface area (Å²) in [6.07, 6.45) is 1.68. The van der Waals surface area contributed by atoms with E-state index in [9.17, 15) is 0 Å². The SMILES string of the molecule is COc1cc(C)c(-c2nccc(N)n2)cc1C(C)(C)C. The number of hydrogen-bond acceptors (Lipinski definition) is 4. The summed E-state index contributed by atoms with van der Waals surface area (Å²) < 4.78 is 5.50. The van der Waals surface area contributed by atoms with Gasteiger partial charge >= 0.3 is 0 Å². The van der Waals surface area contributed by atoms with Crippen LogP contribution in [0.2, 0.25) is 0 Å². The molecule has 4 nitrogen and oxygen atoms in total. The highest BCUT2D eigenvalue weighted by Crippen LogP contribution is 2.36. The van der Waals surface area contributed by atoms with Crippen LogP contribution in [-0.2, 0) is 5.41 Å². The van der Waals surface area contributed by atoms with E-state index in [0.717, 1.165) is 22.4 Å². The minimum atomic E-state index is -0.0197. The first-order chi connectivity index (χ1) is 9.32. The molecule has 4 heteroatoms. The van der Waals surface area contributed by atoms with E-state index >= 15 is 0 Å². The number of methoxy groups -OCH3 is 1. The highest BCUT2D eigenvalue weighted by atomic mass is 16.5. The lowest BCUT2D eigenvalue weighted by Crippen LogP contribution is -2.13. The molecule has 0 saturated carbocycles. The highest BCUT2D eigenvalue weighted by molar-refractivity contribution is 5.65. The van der Waals surface area contributed by atoms with Crippen LogP contribution in [-0.4, -0.2) is 17.1 Å². The summed E-state index contributed by atoms with van der Waals surface area (Å²) in [5, 5.41) is 0. The number of nitrogens with two attached hydrogens (primary N) is 1. The Morgan fingerprint density at radius 2 is 1.90 bits per heavy atom. The van der Waals surface area contributed by atoms with Crippen molar-refractivity contribution in [1.82, 2.24) is 9.97 Å². The number of aromatic nitrogens is 2. The number of benzene rings is 1. The second-order valence-electron chi connectivity index (χ2n) is 5.92. The third-order valence-electron chi connectivity index (χ3n) is 3.27. The lowest BCUT2D eigenvalue weighted by atomic mass is 9.84. The van der Waals surface area contributed by atoms with Crippen molar-refractivity contribution in [3.05, 3.63) is 35.5 Å². The Balaban J connectivity index is 2.66. The molecule has 1 aromatic heterocycles. The van der Waals surface area contributed by atoms with Gasteiger partial charge in [0.05, 0.1) is 7.11 Å². The Bertz CT molecular complexity index is 630. The minimum absolute atomic E-state index is 0.0197. The summed E-state index contributed by atoms with van der Waals surface area (Å²) in [7, 11) is 1.70. The molecule has 2 rings (SSSR count). The molecule has 0 bridgehead atoms. The van der Waals surface area contributed by atoms with Gasteiger partial charge in [0.15, 0.2) is 5.82 Å². The monoisotopic (exact) mass is 271 g/mol. The van der Waals surface area contributed by atoms with Gasteiger partial charge in [0.1, 0.15) is 11.6 Å². The topological polar surface area (TPSA) is 61.0 Å². The standard InChI is InChI=1S/C16H21N3O/c1-10-8-13(20-5)12(16(2,3)4)9-11(10)15-18-7-6-14(17)19-15/h6-9H,1-5H3,(H2,17,18,19). The van der Waals surface area contributed by atoms with Gasteiger partial charge in [0.25, 0.3) is 0 Å².